The number of aliphatic hydroxyl groups is 3. The van der Waals surface area contributed by atoms with Gasteiger partial charge in [0.1, 0.15) is 31.0 Å². The largest absolute Gasteiger partial charge is 0.463 e. The molecule has 0 saturated carbocycles. The third kappa shape index (κ3) is 4.99. The maximum Gasteiger partial charge on any atom is 0.305 e. The lowest BCUT2D eigenvalue weighted by atomic mass is 9.99. The Labute approximate surface area is 140 Å². The van der Waals surface area contributed by atoms with E-state index in [9.17, 15) is 20.1 Å². The summed E-state index contributed by atoms with van der Waals surface area (Å²) in [5.74, 6) is -0.407. The van der Waals surface area contributed by atoms with E-state index in [0.29, 0.717) is 6.42 Å². The van der Waals surface area contributed by atoms with E-state index in [-0.39, 0.29) is 19.6 Å². The molecule has 0 aliphatic carbocycles. The molecule has 5 atom stereocenters. The predicted molar refractivity (Wildman–Crippen MR) is 83.8 cm³/mol. The Kier molecular flexibility index (Phi) is 7.14. The molecule has 1 aromatic rings. The van der Waals surface area contributed by atoms with Crippen LogP contribution in [0.1, 0.15) is 25.3 Å². The summed E-state index contributed by atoms with van der Waals surface area (Å²) in [5.41, 5.74) is 0.875. The summed E-state index contributed by atoms with van der Waals surface area (Å²) in [6.07, 6.45) is -5.39. The molecule has 1 heterocycles. The van der Waals surface area contributed by atoms with E-state index >= 15 is 0 Å². The fourth-order valence-electron chi connectivity index (χ4n) is 2.40. The second-order valence-corrected chi connectivity index (χ2v) is 5.74. The highest BCUT2D eigenvalue weighted by Gasteiger charge is 2.44. The van der Waals surface area contributed by atoms with Crippen LogP contribution in [0, 0.1) is 0 Å². The molecule has 24 heavy (non-hydrogen) atoms. The van der Waals surface area contributed by atoms with Crippen LogP contribution in [0.25, 0.3) is 0 Å². The number of ether oxygens (including phenoxy) is 3. The van der Waals surface area contributed by atoms with Gasteiger partial charge in [0.25, 0.3) is 0 Å². The lowest BCUT2D eigenvalue weighted by molar-refractivity contribution is -0.304. The molecule has 0 spiro atoms. The van der Waals surface area contributed by atoms with E-state index in [1.807, 2.05) is 37.3 Å². The lowest BCUT2D eigenvalue weighted by Crippen LogP contribution is -2.59. The van der Waals surface area contributed by atoms with Crippen molar-refractivity contribution in [3.8, 4) is 0 Å². The van der Waals surface area contributed by atoms with Crippen molar-refractivity contribution in [2.75, 3.05) is 6.61 Å². The number of hydrogen-bond acceptors (Lipinski definition) is 7. The van der Waals surface area contributed by atoms with Gasteiger partial charge in [-0.15, -0.1) is 0 Å². The van der Waals surface area contributed by atoms with E-state index in [1.165, 1.54) is 0 Å². The molecule has 0 radical (unpaired) electrons. The number of carbonyl (C=O) groups is 1. The van der Waals surface area contributed by atoms with Crippen LogP contribution in [0.4, 0.5) is 0 Å². The normalized spacial score (nSPS) is 30.1. The zero-order chi connectivity index (χ0) is 17.5. The lowest BCUT2D eigenvalue weighted by Gasteiger charge is -2.39. The van der Waals surface area contributed by atoms with Gasteiger partial charge in [-0.3, -0.25) is 4.79 Å². The Bertz CT molecular complexity index is 507. The second kappa shape index (κ2) is 9.10. The molecule has 134 valence electrons. The van der Waals surface area contributed by atoms with Crippen LogP contribution in [0.5, 0.6) is 0 Å². The van der Waals surface area contributed by atoms with Gasteiger partial charge in [0.15, 0.2) is 6.29 Å². The smallest absolute Gasteiger partial charge is 0.305 e. The van der Waals surface area contributed by atoms with Crippen LogP contribution in [-0.4, -0.2) is 58.6 Å². The molecule has 7 heteroatoms. The maximum absolute atomic E-state index is 11.4. The number of benzene rings is 1. The van der Waals surface area contributed by atoms with Gasteiger partial charge in [0.2, 0.25) is 0 Å². The predicted octanol–water partition coefficient (Wildman–Crippen LogP) is 0.354. The van der Waals surface area contributed by atoms with Gasteiger partial charge >= 0.3 is 5.97 Å². The molecule has 7 nitrogen and oxygen atoms in total. The van der Waals surface area contributed by atoms with E-state index < -0.39 is 36.7 Å². The van der Waals surface area contributed by atoms with Gasteiger partial charge in [-0.2, -0.15) is 0 Å². The molecule has 0 bridgehead atoms. The first kappa shape index (κ1) is 18.8. The van der Waals surface area contributed by atoms with Crippen molar-refractivity contribution in [2.24, 2.45) is 0 Å². The van der Waals surface area contributed by atoms with Crippen LogP contribution < -0.4 is 0 Å². The molecule has 1 aliphatic heterocycles. The first-order valence-electron chi connectivity index (χ1n) is 8.03. The fraction of sp³-hybridized carbons (Fsp3) is 0.588. The number of esters is 1. The van der Waals surface area contributed by atoms with Crippen molar-refractivity contribution >= 4 is 5.97 Å². The SMILES string of the molecule is CCCC(=O)OC[C@H]1O[C@H](OCc2ccccc2)[C@H](O)[C@@H](O)[C@H]1O. The Morgan fingerprint density at radius 3 is 2.50 bits per heavy atom. The number of carbonyl (C=O) groups excluding carboxylic acids is 1. The number of hydrogen-bond donors (Lipinski definition) is 3. The molecule has 1 aliphatic rings. The number of aliphatic hydroxyl groups excluding tert-OH is 3. The molecule has 0 amide bonds. The van der Waals surface area contributed by atoms with Gasteiger partial charge in [-0.05, 0) is 12.0 Å². The summed E-state index contributed by atoms with van der Waals surface area (Å²) < 4.78 is 16.0. The highest BCUT2D eigenvalue weighted by Crippen LogP contribution is 2.23. The number of rotatable bonds is 7. The topological polar surface area (TPSA) is 105 Å². The highest BCUT2D eigenvalue weighted by atomic mass is 16.7. The molecular weight excluding hydrogens is 316 g/mol. The Morgan fingerprint density at radius 2 is 1.83 bits per heavy atom. The molecule has 1 fully saturated rings. The summed E-state index contributed by atoms with van der Waals surface area (Å²) in [6.45, 7) is 1.81. The Balaban J connectivity index is 1.91. The highest BCUT2D eigenvalue weighted by molar-refractivity contribution is 5.69. The van der Waals surface area contributed by atoms with E-state index in [4.69, 9.17) is 14.2 Å². The molecule has 1 saturated heterocycles. The zero-order valence-corrected chi connectivity index (χ0v) is 13.6. The second-order valence-electron chi connectivity index (χ2n) is 5.74. The molecular formula is C17H24O7. The van der Waals surface area contributed by atoms with E-state index in [0.717, 1.165) is 5.56 Å². The van der Waals surface area contributed by atoms with Crippen LogP contribution in [0.2, 0.25) is 0 Å². The van der Waals surface area contributed by atoms with E-state index in [1.54, 1.807) is 0 Å². The monoisotopic (exact) mass is 340 g/mol. The van der Waals surface area contributed by atoms with Crippen LogP contribution >= 0.6 is 0 Å². The summed E-state index contributed by atoms with van der Waals surface area (Å²) in [4.78, 5) is 11.4. The van der Waals surface area contributed by atoms with Gasteiger partial charge in [0.05, 0.1) is 6.61 Å². The third-order valence-corrected chi connectivity index (χ3v) is 3.79. The average molecular weight is 340 g/mol. The van der Waals surface area contributed by atoms with E-state index in [2.05, 4.69) is 0 Å². The van der Waals surface area contributed by atoms with Crippen LogP contribution in [0.3, 0.4) is 0 Å². The van der Waals surface area contributed by atoms with Crippen molar-refractivity contribution in [1.29, 1.82) is 0 Å². The third-order valence-electron chi connectivity index (χ3n) is 3.79. The van der Waals surface area contributed by atoms with Crippen molar-refractivity contribution < 1.29 is 34.3 Å². The minimum absolute atomic E-state index is 0.174. The molecule has 3 N–H and O–H groups in total. The van der Waals surface area contributed by atoms with Crippen molar-refractivity contribution in [2.45, 2.75) is 57.1 Å². The fourth-order valence-corrected chi connectivity index (χ4v) is 2.40. The van der Waals surface area contributed by atoms with Crippen molar-refractivity contribution in [3.63, 3.8) is 0 Å². The molecule has 2 rings (SSSR count). The van der Waals surface area contributed by atoms with Crippen LogP contribution in [0.15, 0.2) is 30.3 Å². The van der Waals surface area contributed by atoms with Gasteiger partial charge < -0.3 is 29.5 Å². The average Bonchev–Trinajstić information content (AvgIpc) is 2.59. The van der Waals surface area contributed by atoms with Crippen molar-refractivity contribution in [1.82, 2.24) is 0 Å². The van der Waals surface area contributed by atoms with Gasteiger partial charge in [0, 0.05) is 6.42 Å². The van der Waals surface area contributed by atoms with Gasteiger partial charge in [-0.1, -0.05) is 37.3 Å². The molecule has 1 aromatic carbocycles. The Morgan fingerprint density at radius 1 is 1.12 bits per heavy atom. The molecule has 0 unspecified atom stereocenters. The molecule has 0 aromatic heterocycles. The quantitative estimate of drug-likeness (QED) is 0.615. The summed E-state index contributed by atoms with van der Waals surface area (Å²) in [6, 6.07) is 9.28. The standard InChI is InChI=1S/C17H24O7/c1-2-6-13(18)22-10-12-14(19)15(20)16(21)17(24-12)23-9-11-7-4-3-5-8-11/h3-5,7-8,12,14-17,19-21H,2,6,9-10H2,1H3/t12-,14+,15+,16-,17+/m1/s1. The minimum Gasteiger partial charge on any atom is -0.463 e. The maximum atomic E-state index is 11.4. The summed E-state index contributed by atoms with van der Waals surface area (Å²) >= 11 is 0. The van der Waals surface area contributed by atoms with Crippen LogP contribution in [-0.2, 0) is 25.6 Å². The summed E-state index contributed by atoms with van der Waals surface area (Å²) in [5, 5.41) is 29.9. The minimum atomic E-state index is -1.45. The first-order chi connectivity index (χ1) is 11.5. The van der Waals surface area contributed by atoms with Gasteiger partial charge in [-0.25, -0.2) is 0 Å². The van der Waals surface area contributed by atoms with Crippen molar-refractivity contribution in [3.05, 3.63) is 35.9 Å². The summed E-state index contributed by atoms with van der Waals surface area (Å²) in [7, 11) is 0. The zero-order valence-electron chi connectivity index (χ0n) is 13.6. The first-order valence-corrected chi connectivity index (χ1v) is 8.03. The Hall–Kier alpha value is -1.51.